The Labute approximate surface area is 94.9 Å². The van der Waals surface area contributed by atoms with Gasteiger partial charge >= 0.3 is 5.97 Å². The van der Waals surface area contributed by atoms with Crippen LogP contribution < -0.4 is 5.32 Å². The van der Waals surface area contributed by atoms with Crippen molar-refractivity contribution in [2.45, 2.75) is 39.3 Å². The molecule has 5 nitrogen and oxygen atoms in total. The van der Waals surface area contributed by atoms with Crippen LogP contribution in [0.3, 0.4) is 0 Å². The molecule has 5 heteroatoms. The average molecular weight is 223 g/mol. The molecule has 88 valence electrons. The van der Waals surface area contributed by atoms with Crippen molar-refractivity contribution >= 4 is 5.97 Å². The molecule has 0 fully saturated rings. The minimum Gasteiger partial charge on any atom is -0.478 e. The van der Waals surface area contributed by atoms with Crippen molar-refractivity contribution in [3.05, 3.63) is 23.8 Å². The summed E-state index contributed by atoms with van der Waals surface area (Å²) in [5, 5.41) is 12.2. The number of carbonyl (C=O) groups is 1. The highest BCUT2D eigenvalue weighted by molar-refractivity contribution is 5.88. The summed E-state index contributed by atoms with van der Waals surface area (Å²) in [6.07, 6.45) is 3.65. The number of aromatic carboxylic acids is 1. The highest BCUT2D eigenvalue weighted by Crippen LogP contribution is 2.10. The second-order valence-corrected chi connectivity index (χ2v) is 4.28. The van der Waals surface area contributed by atoms with Crippen LogP contribution in [-0.2, 0) is 6.54 Å². The van der Waals surface area contributed by atoms with Gasteiger partial charge in [-0.3, -0.25) is 0 Å². The molecular formula is C11H17N3O2. The molecule has 0 atom stereocenters. The van der Waals surface area contributed by atoms with Gasteiger partial charge < -0.3 is 10.4 Å². The maximum atomic E-state index is 10.9. The highest BCUT2D eigenvalue weighted by atomic mass is 16.4. The highest BCUT2D eigenvalue weighted by Gasteiger charge is 2.17. The molecule has 0 bridgehead atoms. The van der Waals surface area contributed by atoms with Gasteiger partial charge in [-0.25, -0.2) is 14.8 Å². The van der Waals surface area contributed by atoms with Gasteiger partial charge in [0.1, 0.15) is 11.9 Å². The van der Waals surface area contributed by atoms with Gasteiger partial charge in [0.2, 0.25) is 0 Å². The summed E-state index contributed by atoms with van der Waals surface area (Å²) in [6.45, 7) is 6.64. The summed E-state index contributed by atoms with van der Waals surface area (Å²) in [7, 11) is 0. The van der Waals surface area contributed by atoms with E-state index in [9.17, 15) is 4.79 Å². The van der Waals surface area contributed by atoms with Crippen LogP contribution in [0, 0.1) is 0 Å². The Morgan fingerprint density at radius 3 is 2.81 bits per heavy atom. The van der Waals surface area contributed by atoms with Gasteiger partial charge in [-0.15, -0.1) is 0 Å². The molecular weight excluding hydrogens is 206 g/mol. The molecule has 2 N–H and O–H groups in total. The molecule has 0 spiro atoms. The van der Waals surface area contributed by atoms with Crippen LogP contribution in [0.4, 0.5) is 0 Å². The fraction of sp³-hybridized carbons (Fsp3) is 0.545. The third-order valence-electron chi connectivity index (χ3n) is 2.64. The SMILES string of the molecule is CCC(C)(C)NCc1ncncc1C(=O)O. The lowest BCUT2D eigenvalue weighted by atomic mass is 10.0. The number of carboxylic acid groups (broad SMARTS) is 1. The summed E-state index contributed by atoms with van der Waals surface area (Å²) in [5.74, 6) is -0.994. The van der Waals surface area contributed by atoms with Gasteiger partial charge in [-0.05, 0) is 20.3 Å². The second kappa shape index (κ2) is 5.03. The molecule has 0 saturated heterocycles. The number of hydrogen-bond donors (Lipinski definition) is 2. The van der Waals surface area contributed by atoms with E-state index in [1.54, 1.807) is 0 Å². The number of aromatic nitrogens is 2. The van der Waals surface area contributed by atoms with E-state index in [-0.39, 0.29) is 11.1 Å². The van der Waals surface area contributed by atoms with Gasteiger partial charge in [-0.2, -0.15) is 0 Å². The summed E-state index contributed by atoms with van der Waals surface area (Å²) in [6, 6.07) is 0. The van der Waals surface area contributed by atoms with Gasteiger partial charge in [0.15, 0.2) is 0 Å². The number of carboxylic acids is 1. The van der Waals surface area contributed by atoms with Crippen molar-refractivity contribution in [2.24, 2.45) is 0 Å². The van der Waals surface area contributed by atoms with E-state index in [0.717, 1.165) is 6.42 Å². The van der Waals surface area contributed by atoms with Gasteiger partial charge in [0, 0.05) is 18.3 Å². The van der Waals surface area contributed by atoms with Crippen molar-refractivity contribution in [1.29, 1.82) is 0 Å². The zero-order valence-electron chi connectivity index (χ0n) is 9.82. The summed E-state index contributed by atoms with van der Waals surface area (Å²) in [5.41, 5.74) is 0.645. The molecule has 0 radical (unpaired) electrons. The Hall–Kier alpha value is -1.49. The summed E-state index contributed by atoms with van der Waals surface area (Å²) in [4.78, 5) is 18.6. The first kappa shape index (κ1) is 12.6. The van der Waals surface area contributed by atoms with Crippen molar-refractivity contribution in [3.8, 4) is 0 Å². The predicted molar refractivity (Wildman–Crippen MR) is 60.2 cm³/mol. The van der Waals surface area contributed by atoms with Crippen LogP contribution in [0.5, 0.6) is 0 Å². The maximum absolute atomic E-state index is 10.9. The molecule has 0 unspecified atom stereocenters. The van der Waals surface area contributed by atoms with Crippen LogP contribution >= 0.6 is 0 Å². The van der Waals surface area contributed by atoms with E-state index in [4.69, 9.17) is 5.11 Å². The number of rotatable bonds is 5. The van der Waals surface area contributed by atoms with Gasteiger partial charge in [-0.1, -0.05) is 6.92 Å². The monoisotopic (exact) mass is 223 g/mol. The van der Waals surface area contributed by atoms with E-state index < -0.39 is 5.97 Å². The third-order valence-corrected chi connectivity index (χ3v) is 2.64. The van der Waals surface area contributed by atoms with Crippen molar-refractivity contribution in [1.82, 2.24) is 15.3 Å². The topological polar surface area (TPSA) is 75.1 Å². The molecule has 0 aliphatic heterocycles. The fourth-order valence-electron chi connectivity index (χ4n) is 1.12. The fourth-order valence-corrected chi connectivity index (χ4v) is 1.12. The minimum atomic E-state index is -0.994. The first-order valence-electron chi connectivity index (χ1n) is 5.23. The third kappa shape index (κ3) is 3.27. The van der Waals surface area contributed by atoms with Crippen molar-refractivity contribution < 1.29 is 9.90 Å². The maximum Gasteiger partial charge on any atom is 0.339 e. The molecule has 0 aromatic carbocycles. The smallest absolute Gasteiger partial charge is 0.339 e. The molecule has 1 rings (SSSR count). The lowest BCUT2D eigenvalue weighted by Gasteiger charge is -2.24. The molecule has 0 aliphatic rings. The van der Waals surface area contributed by atoms with E-state index in [0.29, 0.717) is 12.2 Å². The van der Waals surface area contributed by atoms with E-state index in [1.165, 1.54) is 12.5 Å². The Bertz CT molecular complexity index is 377. The van der Waals surface area contributed by atoms with E-state index >= 15 is 0 Å². The van der Waals surface area contributed by atoms with Crippen molar-refractivity contribution in [3.63, 3.8) is 0 Å². The first-order valence-corrected chi connectivity index (χ1v) is 5.23. The minimum absolute atomic E-state index is 0.0271. The Morgan fingerprint density at radius 2 is 2.25 bits per heavy atom. The molecule has 16 heavy (non-hydrogen) atoms. The Morgan fingerprint density at radius 1 is 1.56 bits per heavy atom. The van der Waals surface area contributed by atoms with Crippen molar-refractivity contribution in [2.75, 3.05) is 0 Å². The normalized spacial score (nSPS) is 11.4. The largest absolute Gasteiger partial charge is 0.478 e. The second-order valence-electron chi connectivity index (χ2n) is 4.28. The molecule has 0 aliphatic carbocycles. The number of nitrogens with one attached hydrogen (secondary N) is 1. The van der Waals surface area contributed by atoms with Crippen LogP contribution in [0.2, 0.25) is 0 Å². The first-order chi connectivity index (χ1) is 7.46. The standard InChI is InChI=1S/C11H17N3O2/c1-4-11(2,3)14-6-9-8(10(15)16)5-12-7-13-9/h5,7,14H,4,6H2,1-3H3,(H,15,16). The zero-order valence-corrected chi connectivity index (χ0v) is 9.82. The molecule has 0 saturated carbocycles. The Kier molecular flexibility index (Phi) is 3.95. The summed E-state index contributed by atoms with van der Waals surface area (Å²) >= 11 is 0. The quantitative estimate of drug-likeness (QED) is 0.790. The number of nitrogens with zero attached hydrogens (tertiary/aromatic N) is 2. The molecule has 1 heterocycles. The van der Waals surface area contributed by atoms with E-state index in [2.05, 4.69) is 36.1 Å². The molecule has 1 aromatic heterocycles. The van der Waals surface area contributed by atoms with Gasteiger partial charge in [0.25, 0.3) is 0 Å². The average Bonchev–Trinajstić information content (AvgIpc) is 2.27. The lowest BCUT2D eigenvalue weighted by molar-refractivity contribution is 0.0694. The lowest BCUT2D eigenvalue weighted by Crippen LogP contribution is -2.38. The van der Waals surface area contributed by atoms with Crippen LogP contribution in [0.15, 0.2) is 12.5 Å². The molecule has 1 aromatic rings. The van der Waals surface area contributed by atoms with Crippen LogP contribution in [-0.4, -0.2) is 26.6 Å². The van der Waals surface area contributed by atoms with Crippen LogP contribution in [0.1, 0.15) is 43.2 Å². The zero-order chi connectivity index (χ0) is 12.2. The Balaban J connectivity index is 2.78. The van der Waals surface area contributed by atoms with E-state index in [1.807, 2.05) is 0 Å². The number of hydrogen-bond acceptors (Lipinski definition) is 4. The van der Waals surface area contributed by atoms with Gasteiger partial charge in [0.05, 0.1) is 5.69 Å². The summed E-state index contributed by atoms with van der Waals surface area (Å²) < 4.78 is 0. The van der Waals surface area contributed by atoms with Crippen LogP contribution in [0.25, 0.3) is 0 Å². The predicted octanol–water partition coefficient (Wildman–Crippen LogP) is 1.45. The molecule has 0 amide bonds.